The van der Waals surface area contributed by atoms with Crippen LogP contribution < -0.4 is 11.1 Å². The molecule has 0 aliphatic heterocycles. The van der Waals surface area contributed by atoms with Crippen LogP contribution in [-0.4, -0.2) is 6.03 Å². The van der Waals surface area contributed by atoms with E-state index in [1.807, 2.05) is 36.4 Å². The van der Waals surface area contributed by atoms with Gasteiger partial charge in [-0.2, -0.15) is 0 Å². The summed E-state index contributed by atoms with van der Waals surface area (Å²) in [4.78, 5) is 10.9. The SMILES string of the molecule is NC(=O)Nc1cccc2c1oc1ccccc12. The third kappa shape index (κ3) is 1.50. The van der Waals surface area contributed by atoms with Gasteiger partial charge in [-0.15, -0.1) is 0 Å². The van der Waals surface area contributed by atoms with Crippen LogP contribution in [0.5, 0.6) is 0 Å². The molecule has 4 heteroatoms. The Bertz CT molecular complexity index is 716. The van der Waals surface area contributed by atoms with E-state index in [4.69, 9.17) is 10.2 Å². The average molecular weight is 226 g/mol. The second-order valence-electron chi connectivity index (χ2n) is 3.77. The Morgan fingerprint density at radius 3 is 2.65 bits per heavy atom. The highest BCUT2D eigenvalue weighted by Gasteiger charge is 2.10. The molecule has 0 spiro atoms. The number of carbonyl (C=O) groups excluding carboxylic acids is 1. The van der Waals surface area contributed by atoms with Crippen molar-refractivity contribution >= 4 is 33.7 Å². The van der Waals surface area contributed by atoms with Crippen molar-refractivity contribution in [2.75, 3.05) is 5.32 Å². The number of anilines is 1. The number of amides is 2. The van der Waals surface area contributed by atoms with Crippen LogP contribution in [0.4, 0.5) is 10.5 Å². The molecular formula is C13H10N2O2. The van der Waals surface area contributed by atoms with Crippen molar-refractivity contribution in [1.29, 1.82) is 0 Å². The molecule has 1 heterocycles. The van der Waals surface area contributed by atoms with E-state index in [1.54, 1.807) is 6.07 Å². The molecule has 0 aliphatic rings. The zero-order valence-electron chi connectivity index (χ0n) is 8.94. The fraction of sp³-hybridized carbons (Fsp3) is 0. The predicted molar refractivity (Wildman–Crippen MR) is 66.9 cm³/mol. The number of para-hydroxylation sites is 2. The van der Waals surface area contributed by atoms with Gasteiger partial charge in [0.25, 0.3) is 0 Å². The van der Waals surface area contributed by atoms with Crippen LogP contribution in [0.25, 0.3) is 21.9 Å². The van der Waals surface area contributed by atoms with E-state index in [2.05, 4.69) is 5.32 Å². The number of furan rings is 1. The van der Waals surface area contributed by atoms with Gasteiger partial charge in [0.2, 0.25) is 0 Å². The van der Waals surface area contributed by atoms with Crippen molar-refractivity contribution in [3.05, 3.63) is 42.5 Å². The van der Waals surface area contributed by atoms with Crippen molar-refractivity contribution in [1.82, 2.24) is 0 Å². The summed E-state index contributed by atoms with van der Waals surface area (Å²) in [6.07, 6.45) is 0. The number of carbonyl (C=O) groups is 1. The quantitative estimate of drug-likeness (QED) is 0.669. The van der Waals surface area contributed by atoms with Crippen molar-refractivity contribution < 1.29 is 9.21 Å². The molecule has 3 aromatic rings. The van der Waals surface area contributed by atoms with Gasteiger partial charge in [-0.3, -0.25) is 0 Å². The topological polar surface area (TPSA) is 68.3 Å². The third-order valence-electron chi connectivity index (χ3n) is 2.66. The largest absolute Gasteiger partial charge is 0.454 e. The summed E-state index contributed by atoms with van der Waals surface area (Å²) in [6.45, 7) is 0. The number of nitrogens with one attached hydrogen (secondary N) is 1. The molecule has 17 heavy (non-hydrogen) atoms. The highest BCUT2D eigenvalue weighted by Crippen LogP contribution is 2.32. The molecule has 0 atom stereocenters. The van der Waals surface area contributed by atoms with Crippen LogP contribution in [0, 0.1) is 0 Å². The number of urea groups is 1. The molecule has 2 amide bonds. The summed E-state index contributed by atoms with van der Waals surface area (Å²) in [7, 11) is 0. The van der Waals surface area contributed by atoms with E-state index in [-0.39, 0.29) is 0 Å². The number of primary amides is 1. The Morgan fingerprint density at radius 1 is 1.06 bits per heavy atom. The minimum absolute atomic E-state index is 0.589. The molecule has 0 saturated heterocycles. The summed E-state index contributed by atoms with van der Waals surface area (Å²) in [5.41, 5.74) is 7.15. The fourth-order valence-electron chi connectivity index (χ4n) is 1.98. The molecule has 0 fully saturated rings. The minimum Gasteiger partial charge on any atom is -0.454 e. The second kappa shape index (κ2) is 3.52. The van der Waals surface area contributed by atoms with Crippen LogP contribution in [-0.2, 0) is 0 Å². The van der Waals surface area contributed by atoms with E-state index < -0.39 is 6.03 Å². The molecule has 1 aromatic heterocycles. The van der Waals surface area contributed by atoms with E-state index in [1.165, 1.54) is 0 Å². The lowest BCUT2D eigenvalue weighted by Gasteiger charge is -2.01. The van der Waals surface area contributed by atoms with Crippen LogP contribution in [0.2, 0.25) is 0 Å². The highest BCUT2D eigenvalue weighted by molar-refractivity contribution is 6.10. The minimum atomic E-state index is -0.599. The normalized spacial score (nSPS) is 10.8. The number of fused-ring (bicyclic) bond motifs is 3. The molecule has 84 valence electrons. The smallest absolute Gasteiger partial charge is 0.316 e. The third-order valence-corrected chi connectivity index (χ3v) is 2.66. The van der Waals surface area contributed by atoms with Gasteiger partial charge in [0.05, 0.1) is 5.69 Å². The first-order valence-corrected chi connectivity index (χ1v) is 5.22. The highest BCUT2D eigenvalue weighted by atomic mass is 16.3. The Morgan fingerprint density at radius 2 is 1.82 bits per heavy atom. The van der Waals surface area contributed by atoms with Crippen LogP contribution in [0.15, 0.2) is 46.9 Å². The molecular weight excluding hydrogens is 216 g/mol. The number of benzene rings is 2. The van der Waals surface area contributed by atoms with Gasteiger partial charge in [-0.05, 0) is 12.1 Å². The molecule has 0 unspecified atom stereocenters. The molecule has 0 bridgehead atoms. The van der Waals surface area contributed by atoms with Crippen LogP contribution >= 0.6 is 0 Å². The summed E-state index contributed by atoms with van der Waals surface area (Å²) in [5.74, 6) is 0. The number of hydrogen-bond donors (Lipinski definition) is 2. The van der Waals surface area contributed by atoms with E-state index in [9.17, 15) is 4.79 Å². The summed E-state index contributed by atoms with van der Waals surface area (Å²) in [5, 5.41) is 4.54. The van der Waals surface area contributed by atoms with Gasteiger partial charge in [-0.25, -0.2) is 4.79 Å². The lowest BCUT2D eigenvalue weighted by atomic mass is 10.1. The monoisotopic (exact) mass is 226 g/mol. The van der Waals surface area contributed by atoms with Gasteiger partial charge in [0.1, 0.15) is 5.58 Å². The molecule has 0 saturated carbocycles. The Kier molecular flexibility index (Phi) is 2.01. The maximum atomic E-state index is 10.9. The van der Waals surface area contributed by atoms with Gasteiger partial charge >= 0.3 is 6.03 Å². The summed E-state index contributed by atoms with van der Waals surface area (Å²) >= 11 is 0. The van der Waals surface area contributed by atoms with Crippen LogP contribution in [0.1, 0.15) is 0 Å². The number of rotatable bonds is 1. The second-order valence-corrected chi connectivity index (χ2v) is 3.77. The first-order valence-electron chi connectivity index (χ1n) is 5.22. The molecule has 4 nitrogen and oxygen atoms in total. The standard InChI is InChI=1S/C13H10N2O2/c14-13(16)15-10-6-3-5-9-8-4-1-2-7-11(8)17-12(9)10/h1-7H,(H3,14,15,16). The van der Waals surface area contributed by atoms with Gasteiger partial charge < -0.3 is 15.5 Å². The molecule has 0 radical (unpaired) electrons. The molecule has 2 aromatic carbocycles. The Hall–Kier alpha value is -2.49. The molecule has 3 N–H and O–H groups in total. The van der Waals surface area contributed by atoms with Crippen molar-refractivity contribution in [2.45, 2.75) is 0 Å². The van der Waals surface area contributed by atoms with Gasteiger partial charge in [-0.1, -0.05) is 30.3 Å². The zero-order valence-corrected chi connectivity index (χ0v) is 8.94. The number of hydrogen-bond acceptors (Lipinski definition) is 2. The van der Waals surface area contributed by atoms with E-state index >= 15 is 0 Å². The first-order chi connectivity index (χ1) is 8.25. The van der Waals surface area contributed by atoms with E-state index in [0.29, 0.717) is 11.3 Å². The lowest BCUT2D eigenvalue weighted by Crippen LogP contribution is -2.19. The zero-order chi connectivity index (χ0) is 11.8. The predicted octanol–water partition coefficient (Wildman–Crippen LogP) is 3.08. The van der Waals surface area contributed by atoms with Crippen LogP contribution in [0.3, 0.4) is 0 Å². The summed E-state index contributed by atoms with van der Waals surface area (Å²) in [6, 6.07) is 12.7. The lowest BCUT2D eigenvalue weighted by molar-refractivity contribution is 0.259. The first kappa shape index (κ1) is 9.72. The fourth-order valence-corrected chi connectivity index (χ4v) is 1.98. The number of nitrogens with two attached hydrogens (primary N) is 1. The van der Waals surface area contributed by atoms with Crippen molar-refractivity contribution in [2.24, 2.45) is 5.73 Å². The van der Waals surface area contributed by atoms with E-state index in [0.717, 1.165) is 16.4 Å². The Balaban J connectivity index is 2.35. The average Bonchev–Trinajstić information content (AvgIpc) is 2.68. The maximum Gasteiger partial charge on any atom is 0.316 e. The maximum absolute atomic E-state index is 10.9. The van der Waals surface area contributed by atoms with Crippen molar-refractivity contribution in [3.63, 3.8) is 0 Å². The molecule has 3 rings (SSSR count). The van der Waals surface area contributed by atoms with Gasteiger partial charge in [0, 0.05) is 10.8 Å². The Labute approximate surface area is 97.0 Å². The van der Waals surface area contributed by atoms with Gasteiger partial charge in [0.15, 0.2) is 5.58 Å². The summed E-state index contributed by atoms with van der Waals surface area (Å²) < 4.78 is 5.71. The molecule has 0 aliphatic carbocycles. The van der Waals surface area contributed by atoms with Crippen molar-refractivity contribution in [3.8, 4) is 0 Å².